The van der Waals surface area contributed by atoms with Gasteiger partial charge in [0.25, 0.3) is 0 Å². The number of rotatable bonds is 5. The molecule has 0 aromatic heterocycles. The highest BCUT2D eigenvalue weighted by Gasteiger charge is 2.16. The molecule has 0 saturated carbocycles. The third-order valence-corrected chi connectivity index (χ3v) is 3.26. The minimum atomic E-state index is -0.354. The van der Waals surface area contributed by atoms with E-state index >= 15 is 0 Å². The summed E-state index contributed by atoms with van der Waals surface area (Å²) in [6, 6.07) is 11.6. The van der Waals surface area contributed by atoms with Crippen LogP contribution >= 0.6 is 0 Å². The fourth-order valence-electron chi connectivity index (χ4n) is 2.05. The van der Waals surface area contributed by atoms with Gasteiger partial charge in [0.05, 0.1) is 19.6 Å². The molecule has 2 aromatic rings. The number of carbonyl (C=O) groups is 1. The van der Waals surface area contributed by atoms with Gasteiger partial charge < -0.3 is 14.6 Å². The molecule has 0 amide bonds. The maximum Gasteiger partial charge on any atom is 0.313 e. The van der Waals surface area contributed by atoms with Crippen LogP contribution in [0.2, 0.25) is 0 Å². The summed E-state index contributed by atoms with van der Waals surface area (Å²) in [6.45, 7) is 1.67. The number of hydrogen-bond donors (Lipinski definition) is 1. The first-order valence-corrected chi connectivity index (χ1v) is 6.51. The van der Waals surface area contributed by atoms with Crippen molar-refractivity contribution in [1.29, 1.82) is 0 Å². The zero-order valence-corrected chi connectivity index (χ0v) is 11.6. The summed E-state index contributed by atoms with van der Waals surface area (Å²) in [6.07, 6.45) is 0. The molecule has 0 heterocycles. The first-order chi connectivity index (χ1) is 9.65. The van der Waals surface area contributed by atoms with Crippen molar-refractivity contribution in [3.8, 4) is 5.75 Å². The van der Waals surface area contributed by atoms with Gasteiger partial charge in [0, 0.05) is 0 Å². The smallest absolute Gasteiger partial charge is 0.313 e. The van der Waals surface area contributed by atoms with E-state index in [0.717, 1.165) is 22.1 Å². The van der Waals surface area contributed by atoms with Gasteiger partial charge in [0.15, 0.2) is 0 Å². The molecule has 2 aromatic carbocycles. The van der Waals surface area contributed by atoms with Gasteiger partial charge in [-0.05, 0) is 35.4 Å². The Hall–Kier alpha value is -2.07. The number of benzene rings is 2. The summed E-state index contributed by atoms with van der Waals surface area (Å²) < 4.78 is 10.1. The van der Waals surface area contributed by atoms with E-state index in [9.17, 15) is 4.79 Å². The molecule has 1 N–H and O–H groups in total. The zero-order valence-electron chi connectivity index (χ0n) is 11.6. The lowest BCUT2D eigenvalue weighted by molar-refractivity contribution is -0.146. The van der Waals surface area contributed by atoms with E-state index in [4.69, 9.17) is 14.6 Å². The third kappa shape index (κ3) is 3.08. The van der Waals surface area contributed by atoms with Crippen molar-refractivity contribution in [2.45, 2.75) is 12.8 Å². The normalized spacial score (nSPS) is 12.2. The van der Waals surface area contributed by atoms with Gasteiger partial charge in [-0.15, -0.1) is 0 Å². The van der Waals surface area contributed by atoms with E-state index in [-0.39, 0.29) is 25.1 Å². The number of methoxy groups -OCH3 is 1. The fraction of sp³-hybridized carbons (Fsp3) is 0.312. The summed E-state index contributed by atoms with van der Waals surface area (Å²) >= 11 is 0. The molecule has 0 bridgehead atoms. The molecule has 1 atom stereocenters. The summed E-state index contributed by atoms with van der Waals surface area (Å²) in [5.74, 6) is 0.126. The number of aliphatic hydroxyl groups is 1. The quantitative estimate of drug-likeness (QED) is 0.851. The van der Waals surface area contributed by atoms with Crippen LogP contribution in [-0.4, -0.2) is 31.4 Å². The molecule has 0 fully saturated rings. The first-order valence-electron chi connectivity index (χ1n) is 6.51. The Morgan fingerprint density at radius 1 is 1.20 bits per heavy atom. The second kappa shape index (κ2) is 6.39. The molecule has 0 aliphatic heterocycles. The van der Waals surface area contributed by atoms with Crippen LogP contribution in [0.5, 0.6) is 5.75 Å². The highest BCUT2D eigenvalue weighted by atomic mass is 16.5. The maximum atomic E-state index is 11.8. The van der Waals surface area contributed by atoms with Crippen molar-refractivity contribution >= 4 is 16.7 Å². The first kappa shape index (κ1) is 14.3. The molecule has 4 heteroatoms. The van der Waals surface area contributed by atoms with Crippen LogP contribution in [0.25, 0.3) is 10.8 Å². The predicted molar refractivity (Wildman–Crippen MR) is 77.0 cm³/mol. The van der Waals surface area contributed by atoms with Crippen molar-refractivity contribution in [3.63, 3.8) is 0 Å². The number of hydrogen-bond acceptors (Lipinski definition) is 4. The summed E-state index contributed by atoms with van der Waals surface area (Å²) in [5.41, 5.74) is 0.894. The SMILES string of the molecule is COc1ccc2cc(C(C)C(=O)OCCO)ccc2c1. The second-order valence-electron chi connectivity index (χ2n) is 4.59. The van der Waals surface area contributed by atoms with Gasteiger partial charge in [-0.25, -0.2) is 0 Å². The van der Waals surface area contributed by atoms with Crippen molar-refractivity contribution in [1.82, 2.24) is 0 Å². The van der Waals surface area contributed by atoms with Gasteiger partial charge >= 0.3 is 5.97 Å². The average Bonchev–Trinajstić information content (AvgIpc) is 2.50. The Bertz CT molecular complexity index is 606. The van der Waals surface area contributed by atoms with E-state index < -0.39 is 0 Å². The molecule has 2 rings (SSSR count). The summed E-state index contributed by atoms with van der Waals surface area (Å²) in [7, 11) is 1.63. The summed E-state index contributed by atoms with van der Waals surface area (Å²) in [4.78, 5) is 11.8. The van der Waals surface area contributed by atoms with Gasteiger partial charge in [-0.3, -0.25) is 4.79 Å². The van der Waals surface area contributed by atoms with Crippen LogP contribution in [0.3, 0.4) is 0 Å². The van der Waals surface area contributed by atoms with Crippen molar-refractivity contribution < 1.29 is 19.4 Å². The van der Waals surface area contributed by atoms with Gasteiger partial charge in [-0.2, -0.15) is 0 Å². The number of aliphatic hydroxyl groups excluding tert-OH is 1. The monoisotopic (exact) mass is 274 g/mol. The van der Waals surface area contributed by atoms with Crippen LogP contribution in [0.15, 0.2) is 36.4 Å². The predicted octanol–water partition coefficient (Wildman–Crippen LogP) is 2.49. The van der Waals surface area contributed by atoms with E-state index in [1.165, 1.54) is 0 Å². The Balaban J connectivity index is 2.25. The molecule has 0 aliphatic rings. The zero-order chi connectivity index (χ0) is 14.5. The minimum absolute atomic E-state index is 0.0357. The van der Waals surface area contributed by atoms with Gasteiger partial charge in [0.2, 0.25) is 0 Å². The molecule has 1 unspecified atom stereocenters. The van der Waals surface area contributed by atoms with Crippen LogP contribution in [0.4, 0.5) is 0 Å². The third-order valence-electron chi connectivity index (χ3n) is 3.26. The Morgan fingerprint density at radius 3 is 2.60 bits per heavy atom. The number of fused-ring (bicyclic) bond motifs is 1. The minimum Gasteiger partial charge on any atom is -0.497 e. The number of carbonyl (C=O) groups excluding carboxylic acids is 1. The molecular weight excluding hydrogens is 256 g/mol. The molecule has 0 aliphatic carbocycles. The molecule has 0 radical (unpaired) electrons. The molecule has 0 saturated heterocycles. The van der Waals surface area contributed by atoms with E-state index in [1.54, 1.807) is 14.0 Å². The Morgan fingerprint density at radius 2 is 1.90 bits per heavy atom. The lowest BCUT2D eigenvalue weighted by Gasteiger charge is -2.12. The molecular formula is C16H18O4. The summed E-state index contributed by atoms with van der Waals surface area (Å²) in [5, 5.41) is 10.8. The Kier molecular flexibility index (Phi) is 4.58. The highest BCUT2D eigenvalue weighted by Crippen LogP contribution is 2.25. The molecule has 20 heavy (non-hydrogen) atoms. The van der Waals surface area contributed by atoms with E-state index in [1.807, 2.05) is 36.4 Å². The topological polar surface area (TPSA) is 55.8 Å². The standard InChI is InChI=1S/C16H18O4/c1-11(16(18)20-8-7-17)12-3-4-14-10-15(19-2)6-5-13(14)9-12/h3-6,9-11,17H,7-8H2,1-2H3. The highest BCUT2D eigenvalue weighted by molar-refractivity contribution is 5.86. The van der Waals surface area contributed by atoms with Crippen molar-refractivity contribution in [2.75, 3.05) is 20.3 Å². The number of esters is 1. The van der Waals surface area contributed by atoms with Gasteiger partial charge in [-0.1, -0.05) is 24.3 Å². The lowest BCUT2D eigenvalue weighted by atomic mass is 9.98. The molecule has 106 valence electrons. The second-order valence-corrected chi connectivity index (χ2v) is 4.59. The van der Waals surface area contributed by atoms with Crippen LogP contribution in [-0.2, 0) is 9.53 Å². The van der Waals surface area contributed by atoms with E-state index in [2.05, 4.69) is 0 Å². The Labute approximate surface area is 117 Å². The number of ether oxygens (including phenoxy) is 2. The van der Waals surface area contributed by atoms with Crippen LogP contribution in [0, 0.1) is 0 Å². The van der Waals surface area contributed by atoms with Crippen molar-refractivity contribution in [3.05, 3.63) is 42.0 Å². The lowest BCUT2D eigenvalue weighted by Crippen LogP contribution is -2.15. The maximum absolute atomic E-state index is 11.8. The van der Waals surface area contributed by atoms with Crippen LogP contribution in [0.1, 0.15) is 18.4 Å². The van der Waals surface area contributed by atoms with E-state index in [0.29, 0.717) is 0 Å². The van der Waals surface area contributed by atoms with Crippen molar-refractivity contribution in [2.24, 2.45) is 0 Å². The van der Waals surface area contributed by atoms with Gasteiger partial charge in [0.1, 0.15) is 12.4 Å². The average molecular weight is 274 g/mol. The largest absolute Gasteiger partial charge is 0.497 e. The molecule has 4 nitrogen and oxygen atoms in total. The van der Waals surface area contributed by atoms with Crippen LogP contribution < -0.4 is 4.74 Å². The fourth-order valence-corrected chi connectivity index (χ4v) is 2.05. The molecule has 0 spiro atoms.